The molecule has 25 heavy (non-hydrogen) atoms. The van der Waals surface area contributed by atoms with E-state index in [1.165, 1.54) is 22.0 Å². The summed E-state index contributed by atoms with van der Waals surface area (Å²) in [7, 11) is 0. The molecule has 0 bridgehead atoms. The minimum Gasteiger partial charge on any atom is -0.354 e. The first kappa shape index (κ1) is 17.1. The average Bonchev–Trinajstić information content (AvgIpc) is 2.84. The number of carbonyl (C=O) groups excluding carboxylic acids is 1. The lowest BCUT2D eigenvalue weighted by Crippen LogP contribution is -2.33. The second-order valence-corrected chi connectivity index (χ2v) is 6.95. The molecule has 1 amide bonds. The number of aromatic amines is 1. The Balaban J connectivity index is 1.63. The van der Waals surface area contributed by atoms with Crippen molar-refractivity contribution in [2.24, 2.45) is 0 Å². The molecule has 0 unspecified atom stereocenters. The molecule has 0 atom stereocenters. The number of aryl methyl sites for hydroxylation is 2. The molecule has 8 heteroatoms. The molecular weight excluding hydrogens is 340 g/mol. The highest BCUT2D eigenvalue weighted by molar-refractivity contribution is 7.18. The fraction of sp³-hybridized carbons (Fsp3) is 0.294. The Morgan fingerprint density at radius 1 is 1.32 bits per heavy atom. The van der Waals surface area contributed by atoms with Crippen molar-refractivity contribution in [3.05, 3.63) is 61.4 Å². The number of aromatic nitrogens is 3. The summed E-state index contributed by atoms with van der Waals surface area (Å²) in [6.07, 6.45) is 1.98. The van der Waals surface area contributed by atoms with Crippen molar-refractivity contribution in [2.75, 3.05) is 6.54 Å². The molecule has 3 heterocycles. The normalized spacial score (nSPS) is 11.0. The van der Waals surface area contributed by atoms with Crippen LogP contribution in [0.5, 0.6) is 0 Å². The van der Waals surface area contributed by atoms with Crippen molar-refractivity contribution in [2.45, 2.75) is 26.8 Å². The molecule has 0 saturated carbocycles. The molecule has 0 saturated heterocycles. The number of thiophene rings is 1. The van der Waals surface area contributed by atoms with Gasteiger partial charge in [-0.3, -0.25) is 14.4 Å². The number of rotatable bonds is 5. The summed E-state index contributed by atoms with van der Waals surface area (Å²) in [6.45, 7) is 4.17. The molecule has 7 nitrogen and oxygen atoms in total. The van der Waals surface area contributed by atoms with Crippen LogP contribution >= 0.6 is 11.3 Å². The van der Waals surface area contributed by atoms with Gasteiger partial charge in [-0.15, -0.1) is 11.3 Å². The lowest BCUT2D eigenvalue weighted by atomic mass is 10.2. The van der Waals surface area contributed by atoms with Crippen molar-refractivity contribution in [3.8, 4) is 0 Å². The summed E-state index contributed by atoms with van der Waals surface area (Å²) in [4.78, 5) is 44.7. The molecular formula is C17H18N4O3S. The molecule has 0 aromatic carbocycles. The minimum atomic E-state index is -0.264. The first-order chi connectivity index (χ1) is 12.0. The summed E-state index contributed by atoms with van der Waals surface area (Å²) in [6, 6.07) is 4.73. The van der Waals surface area contributed by atoms with Gasteiger partial charge >= 0.3 is 0 Å². The van der Waals surface area contributed by atoms with Gasteiger partial charge in [0.2, 0.25) is 5.91 Å². The Labute approximate surface area is 147 Å². The second-order valence-electron chi connectivity index (χ2n) is 5.74. The van der Waals surface area contributed by atoms with E-state index in [2.05, 4.69) is 15.3 Å². The maximum atomic E-state index is 12.2. The lowest BCUT2D eigenvalue weighted by Gasteiger charge is -2.07. The van der Waals surface area contributed by atoms with Gasteiger partial charge < -0.3 is 14.9 Å². The Bertz CT molecular complexity index is 1050. The van der Waals surface area contributed by atoms with Gasteiger partial charge in [-0.25, -0.2) is 4.98 Å². The van der Waals surface area contributed by atoms with Crippen molar-refractivity contribution in [1.29, 1.82) is 0 Å². The van der Waals surface area contributed by atoms with Crippen LogP contribution in [-0.2, 0) is 17.8 Å². The van der Waals surface area contributed by atoms with Crippen LogP contribution in [0.2, 0.25) is 0 Å². The third-order valence-electron chi connectivity index (χ3n) is 3.99. The van der Waals surface area contributed by atoms with Crippen LogP contribution in [0, 0.1) is 13.8 Å². The zero-order valence-corrected chi connectivity index (χ0v) is 14.8. The smallest absolute Gasteiger partial charge is 0.259 e. The van der Waals surface area contributed by atoms with E-state index < -0.39 is 0 Å². The van der Waals surface area contributed by atoms with E-state index in [4.69, 9.17) is 0 Å². The number of hydrogen-bond donors (Lipinski definition) is 2. The Kier molecular flexibility index (Phi) is 4.80. The minimum absolute atomic E-state index is 0.0357. The summed E-state index contributed by atoms with van der Waals surface area (Å²) >= 11 is 1.49. The van der Waals surface area contributed by atoms with Crippen LogP contribution in [-0.4, -0.2) is 27.0 Å². The molecule has 0 fully saturated rings. The maximum absolute atomic E-state index is 12.2. The zero-order valence-electron chi connectivity index (χ0n) is 14.0. The summed E-state index contributed by atoms with van der Waals surface area (Å²) in [5.74, 6) is 0.274. The van der Waals surface area contributed by atoms with Crippen LogP contribution in [0.4, 0.5) is 0 Å². The fourth-order valence-corrected chi connectivity index (χ4v) is 3.59. The quantitative estimate of drug-likeness (QED) is 0.714. The predicted molar refractivity (Wildman–Crippen MR) is 97.1 cm³/mol. The van der Waals surface area contributed by atoms with Crippen molar-refractivity contribution in [3.63, 3.8) is 0 Å². The summed E-state index contributed by atoms with van der Waals surface area (Å²) in [5.41, 5.74) is 0.587. The number of H-pyrrole nitrogens is 1. The molecule has 0 aliphatic heterocycles. The van der Waals surface area contributed by atoms with E-state index in [9.17, 15) is 14.4 Å². The van der Waals surface area contributed by atoms with Gasteiger partial charge in [-0.2, -0.15) is 0 Å². The van der Waals surface area contributed by atoms with Gasteiger partial charge in [-0.1, -0.05) is 6.07 Å². The van der Waals surface area contributed by atoms with E-state index in [-0.39, 0.29) is 23.6 Å². The van der Waals surface area contributed by atoms with Crippen molar-refractivity contribution >= 4 is 27.5 Å². The number of pyridine rings is 1. The van der Waals surface area contributed by atoms with E-state index in [1.807, 2.05) is 13.8 Å². The molecule has 0 aliphatic carbocycles. The second kappa shape index (κ2) is 7.02. The van der Waals surface area contributed by atoms with Gasteiger partial charge in [0.15, 0.2) is 0 Å². The SMILES string of the molecule is Cc1sc2nc(CCNC(=O)Cn3ccccc3=O)[nH]c(=O)c2c1C. The Morgan fingerprint density at radius 3 is 2.88 bits per heavy atom. The molecule has 0 spiro atoms. The molecule has 0 radical (unpaired) electrons. The number of fused-ring (bicyclic) bond motifs is 1. The van der Waals surface area contributed by atoms with Gasteiger partial charge in [0, 0.05) is 30.1 Å². The van der Waals surface area contributed by atoms with E-state index in [0.717, 1.165) is 15.3 Å². The number of hydrogen-bond acceptors (Lipinski definition) is 5. The van der Waals surface area contributed by atoms with Crippen molar-refractivity contribution < 1.29 is 4.79 Å². The lowest BCUT2D eigenvalue weighted by molar-refractivity contribution is -0.121. The van der Waals surface area contributed by atoms with Crippen LogP contribution < -0.4 is 16.4 Å². The molecule has 2 N–H and O–H groups in total. The van der Waals surface area contributed by atoms with Gasteiger partial charge in [0.25, 0.3) is 11.1 Å². The highest BCUT2D eigenvalue weighted by Gasteiger charge is 2.12. The van der Waals surface area contributed by atoms with E-state index in [1.54, 1.807) is 18.3 Å². The third-order valence-corrected chi connectivity index (χ3v) is 5.09. The number of nitrogens with zero attached hydrogens (tertiary/aromatic N) is 2. The number of carbonyl (C=O) groups is 1. The highest BCUT2D eigenvalue weighted by Crippen LogP contribution is 2.25. The van der Waals surface area contributed by atoms with Gasteiger partial charge in [-0.05, 0) is 25.5 Å². The Morgan fingerprint density at radius 2 is 2.12 bits per heavy atom. The molecule has 3 aromatic heterocycles. The predicted octanol–water partition coefficient (Wildman–Crippen LogP) is 1.12. The molecule has 3 aromatic rings. The molecule has 130 valence electrons. The number of amides is 1. The fourth-order valence-electron chi connectivity index (χ4n) is 2.54. The maximum Gasteiger partial charge on any atom is 0.259 e. The van der Waals surface area contributed by atoms with E-state index >= 15 is 0 Å². The summed E-state index contributed by atoms with van der Waals surface area (Å²) in [5, 5.41) is 3.37. The van der Waals surface area contributed by atoms with Gasteiger partial charge in [0.1, 0.15) is 17.2 Å². The zero-order chi connectivity index (χ0) is 18.0. The monoisotopic (exact) mass is 358 g/mol. The summed E-state index contributed by atoms with van der Waals surface area (Å²) < 4.78 is 1.33. The first-order valence-electron chi connectivity index (χ1n) is 7.87. The van der Waals surface area contributed by atoms with Crippen LogP contribution in [0.1, 0.15) is 16.3 Å². The Hall–Kier alpha value is -2.74. The first-order valence-corrected chi connectivity index (χ1v) is 8.68. The highest BCUT2D eigenvalue weighted by atomic mass is 32.1. The largest absolute Gasteiger partial charge is 0.354 e. The van der Waals surface area contributed by atoms with Crippen LogP contribution in [0.15, 0.2) is 34.0 Å². The van der Waals surface area contributed by atoms with Crippen LogP contribution in [0.25, 0.3) is 10.2 Å². The standard InChI is InChI=1S/C17H18N4O3S/c1-10-11(2)25-17-15(10)16(24)19-12(20-17)6-7-18-13(22)9-21-8-4-3-5-14(21)23/h3-5,8H,6-7,9H2,1-2H3,(H,18,22)(H,19,20,24). The molecule has 0 aliphatic rings. The third kappa shape index (κ3) is 3.69. The van der Waals surface area contributed by atoms with Gasteiger partial charge in [0.05, 0.1) is 5.39 Å². The van der Waals surface area contributed by atoms with Crippen LogP contribution in [0.3, 0.4) is 0 Å². The average molecular weight is 358 g/mol. The number of nitrogens with one attached hydrogen (secondary N) is 2. The van der Waals surface area contributed by atoms with Crippen molar-refractivity contribution in [1.82, 2.24) is 19.9 Å². The topological polar surface area (TPSA) is 96.8 Å². The van der Waals surface area contributed by atoms with E-state index in [0.29, 0.717) is 24.2 Å². The molecule has 3 rings (SSSR count).